The number of nitrogens with one attached hydrogen (secondary N) is 2. The second-order valence-electron chi connectivity index (χ2n) is 5.90. The van der Waals surface area contributed by atoms with E-state index in [1.54, 1.807) is 10.9 Å². The number of piperidine rings is 1. The summed E-state index contributed by atoms with van der Waals surface area (Å²) in [6, 6.07) is 7.83. The lowest BCUT2D eigenvalue weighted by atomic mass is 9.97. The molecular weight excluding hydrogens is 290 g/mol. The minimum atomic E-state index is -0.0163. The van der Waals surface area contributed by atoms with Crippen molar-refractivity contribution in [1.29, 1.82) is 0 Å². The van der Waals surface area contributed by atoms with Crippen LogP contribution in [0.15, 0.2) is 36.7 Å². The SMILES string of the molecule is O=C(Cn1ccc([C@H]2CCCNC2)n1)NCCc1ccccn1. The number of hydrogen-bond donors (Lipinski definition) is 2. The molecule has 1 aliphatic heterocycles. The molecule has 2 aromatic rings. The van der Waals surface area contributed by atoms with E-state index >= 15 is 0 Å². The fourth-order valence-electron chi connectivity index (χ4n) is 2.87. The third kappa shape index (κ3) is 4.63. The van der Waals surface area contributed by atoms with Crippen molar-refractivity contribution in [2.45, 2.75) is 31.7 Å². The van der Waals surface area contributed by atoms with Gasteiger partial charge in [-0.25, -0.2) is 0 Å². The van der Waals surface area contributed by atoms with Crippen molar-refractivity contribution in [3.63, 3.8) is 0 Å². The van der Waals surface area contributed by atoms with Gasteiger partial charge in [0.25, 0.3) is 0 Å². The number of rotatable bonds is 6. The molecule has 23 heavy (non-hydrogen) atoms. The minimum absolute atomic E-state index is 0.0163. The van der Waals surface area contributed by atoms with Gasteiger partial charge in [0, 0.05) is 43.5 Å². The Kier molecular flexibility index (Phi) is 5.37. The zero-order valence-electron chi connectivity index (χ0n) is 13.2. The van der Waals surface area contributed by atoms with E-state index < -0.39 is 0 Å². The molecule has 0 unspecified atom stereocenters. The molecule has 2 aromatic heterocycles. The summed E-state index contributed by atoms with van der Waals surface area (Å²) in [5.74, 6) is 0.453. The summed E-state index contributed by atoms with van der Waals surface area (Å²) < 4.78 is 1.72. The van der Waals surface area contributed by atoms with Crippen LogP contribution in [0.5, 0.6) is 0 Å². The molecule has 0 aliphatic carbocycles. The first kappa shape index (κ1) is 15.7. The molecule has 2 N–H and O–H groups in total. The number of nitrogens with zero attached hydrogens (tertiary/aromatic N) is 3. The second-order valence-corrected chi connectivity index (χ2v) is 5.90. The largest absolute Gasteiger partial charge is 0.354 e. The third-order valence-corrected chi connectivity index (χ3v) is 4.11. The maximum absolute atomic E-state index is 12.0. The van der Waals surface area contributed by atoms with E-state index in [2.05, 4.69) is 20.7 Å². The first-order valence-corrected chi connectivity index (χ1v) is 8.22. The molecule has 0 saturated carbocycles. The van der Waals surface area contributed by atoms with Crippen LogP contribution in [0, 0.1) is 0 Å². The summed E-state index contributed by atoms with van der Waals surface area (Å²) in [6.45, 7) is 2.93. The summed E-state index contributed by atoms with van der Waals surface area (Å²) in [7, 11) is 0. The van der Waals surface area contributed by atoms with Gasteiger partial charge < -0.3 is 10.6 Å². The highest BCUT2D eigenvalue weighted by Crippen LogP contribution is 2.21. The zero-order chi connectivity index (χ0) is 15.9. The Bertz CT molecular complexity index is 619. The minimum Gasteiger partial charge on any atom is -0.354 e. The molecule has 0 bridgehead atoms. The van der Waals surface area contributed by atoms with Crippen molar-refractivity contribution < 1.29 is 4.79 Å². The molecule has 0 spiro atoms. The average Bonchev–Trinajstić information content (AvgIpc) is 3.05. The molecule has 122 valence electrons. The number of carbonyl (C=O) groups is 1. The quantitative estimate of drug-likeness (QED) is 0.838. The molecule has 1 amide bonds. The van der Waals surface area contributed by atoms with Crippen molar-refractivity contribution in [1.82, 2.24) is 25.4 Å². The van der Waals surface area contributed by atoms with Crippen molar-refractivity contribution >= 4 is 5.91 Å². The number of aromatic nitrogens is 3. The predicted octanol–water partition coefficient (Wildman–Crippen LogP) is 1.10. The van der Waals surface area contributed by atoms with Gasteiger partial charge in [0.05, 0.1) is 5.69 Å². The van der Waals surface area contributed by atoms with Crippen LogP contribution in [0.1, 0.15) is 30.1 Å². The van der Waals surface area contributed by atoms with Crippen LogP contribution in [-0.4, -0.2) is 40.3 Å². The fraction of sp³-hybridized carbons (Fsp3) is 0.471. The molecular formula is C17H23N5O. The molecule has 6 nitrogen and oxygen atoms in total. The van der Waals surface area contributed by atoms with E-state index in [1.807, 2.05) is 30.5 Å². The summed E-state index contributed by atoms with van der Waals surface area (Å²) in [4.78, 5) is 16.2. The molecule has 1 atom stereocenters. The van der Waals surface area contributed by atoms with E-state index in [0.717, 1.165) is 30.9 Å². The number of pyridine rings is 1. The Hall–Kier alpha value is -2.21. The maximum atomic E-state index is 12.0. The van der Waals surface area contributed by atoms with Gasteiger partial charge in [-0.2, -0.15) is 5.10 Å². The third-order valence-electron chi connectivity index (χ3n) is 4.11. The van der Waals surface area contributed by atoms with E-state index in [9.17, 15) is 4.79 Å². The van der Waals surface area contributed by atoms with E-state index in [4.69, 9.17) is 0 Å². The molecule has 1 fully saturated rings. The normalized spacial score (nSPS) is 17.8. The van der Waals surface area contributed by atoms with Gasteiger partial charge in [-0.05, 0) is 37.6 Å². The Morgan fingerprint density at radius 2 is 2.35 bits per heavy atom. The standard InChI is InChI=1S/C17H23N5O/c23-17(20-10-6-15-5-1-2-9-19-15)13-22-11-7-16(21-22)14-4-3-8-18-12-14/h1-2,5,7,9,11,14,18H,3-4,6,8,10,12-13H2,(H,20,23)/t14-/m0/s1. The van der Waals surface area contributed by atoms with Gasteiger partial charge in [0.15, 0.2) is 0 Å². The van der Waals surface area contributed by atoms with Gasteiger partial charge in [-0.3, -0.25) is 14.5 Å². The Labute approximate surface area is 136 Å². The first-order chi connectivity index (χ1) is 11.3. The van der Waals surface area contributed by atoms with Gasteiger partial charge >= 0.3 is 0 Å². The highest BCUT2D eigenvalue weighted by Gasteiger charge is 2.17. The van der Waals surface area contributed by atoms with Crippen molar-refractivity contribution in [2.75, 3.05) is 19.6 Å². The van der Waals surface area contributed by atoms with Gasteiger partial charge in [0.1, 0.15) is 6.54 Å². The van der Waals surface area contributed by atoms with Gasteiger partial charge in [-0.1, -0.05) is 6.07 Å². The van der Waals surface area contributed by atoms with Crippen LogP contribution >= 0.6 is 0 Å². The van der Waals surface area contributed by atoms with Crippen LogP contribution in [0.4, 0.5) is 0 Å². The van der Waals surface area contributed by atoms with Crippen LogP contribution in [0.3, 0.4) is 0 Å². The maximum Gasteiger partial charge on any atom is 0.241 e. The van der Waals surface area contributed by atoms with Crippen LogP contribution in [0.2, 0.25) is 0 Å². The van der Waals surface area contributed by atoms with E-state index in [-0.39, 0.29) is 12.5 Å². The molecule has 6 heteroatoms. The molecule has 1 saturated heterocycles. The molecule has 3 heterocycles. The smallest absolute Gasteiger partial charge is 0.241 e. The second kappa shape index (κ2) is 7.87. The zero-order valence-corrected chi connectivity index (χ0v) is 13.2. The fourth-order valence-corrected chi connectivity index (χ4v) is 2.87. The summed E-state index contributed by atoms with van der Waals surface area (Å²) in [5.41, 5.74) is 2.07. The van der Waals surface area contributed by atoms with Crippen LogP contribution in [0.25, 0.3) is 0 Å². The van der Waals surface area contributed by atoms with Crippen LogP contribution < -0.4 is 10.6 Å². The summed E-state index contributed by atoms with van der Waals surface area (Å²) >= 11 is 0. The summed E-state index contributed by atoms with van der Waals surface area (Å²) in [5, 5.41) is 10.9. The average molecular weight is 313 g/mol. The lowest BCUT2D eigenvalue weighted by molar-refractivity contribution is -0.121. The first-order valence-electron chi connectivity index (χ1n) is 8.22. The molecule has 0 aromatic carbocycles. The topological polar surface area (TPSA) is 71.8 Å². The number of carbonyl (C=O) groups excluding carboxylic acids is 1. The lowest BCUT2D eigenvalue weighted by Crippen LogP contribution is -2.30. The summed E-state index contributed by atoms with van der Waals surface area (Å²) in [6.07, 6.45) is 6.75. The molecule has 1 aliphatic rings. The van der Waals surface area contributed by atoms with Gasteiger partial charge in [0.2, 0.25) is 5.91 Å². The van der Waals surface area contributed by atoms with Gasteiger partial charge in [-0.15, -0.1) is 0 Å². The van der Waals surface area contributed by atoms with Crippen molar-refractivity contribution in [3.8, 4) is 0 Å². The Balaban J connectivity index is 1.43. The lowest BCUT2D eigenvalue weighted by Gasteiger charge is -2.20. The monoisotopic (exact) mass is 313 g/mol. The Morgan fingerprint density at radius 3 is 3.13 bits per heavy atom. The van der Waals surface area contributed by atoms with Crippen molar-refractivity contribution in [2.24, 2.45) is 0 Å². The van der Waals surface area contributed by atoms with E-state index in [1.165, 1.54) is 12.8 Å². The number of amides is 1. The Morgan fingerprint density at radius 1 is 1.39 bits per heavy atom. The highest BCUT2D eigenvalue weighted by atomic mass is 16.2. The predicted molar refractivity (Wildman–Crippen MR) is 88.0 cm³/mol. The van der Waals surface area contributed by atoms with E-state index in [0.29, 0.717) is 12.5 Å². The molecule has 3 rings (SSSR count). The van der Waals surface area contributed by atoms with Crippen molar-refractivity contribution in [3.05, 3.63) is 48.0 Å². The number of hydrogen-bond acceptors (Lipinski definition) is 4. The molecule has 0 radical (unpaired) electrons. The highest BCUT2D eigenvalue weighted by molar-refractivity contribution is 5.75. The van der Waals surface area contributed by atoms with Crippen LogP contribution in [-0.2, 0) is 17.8 Å².